The minimum Gasteiger partial charge on any atom is -0.497 e. The van der Waals surface area contributed by atoms with E-state index in [4.69, 9.17) is 9.26 Å². The van der Waals surface area contributed by atoms with E-state index in [9.17, 15) is 0 Å². The molecule has 0 heterocycles. The summed E-state index contributed by atoms with van der Waals surface area (Å²) in [7, 11) is 1.41. The number of ether oxygens (including phenoxy) is 1. The van der Waals surface area contributed by atoms with Gasteiger partial charge in [-0.3, -0.25) is 0 Å². The molecule has 0 aliphatic carbocycles. The summed E-state index contributed by atoms with van der Waals surface area (Å²) in [5.41, 5.74) is 1.20. The Morgan fingerprint density at radius 3 is 2.41 bits per heavy atom. The van der Waals surface area contributed by atoms with Crippen molar-refractivity contribution in [3.8, 4) is 5.75 Å². The predicted molar refractivity (Wildman–Crippen MR) is 76.0 cm³/mol. The number of rotatable bonds is 7. The first kappa shape index (κ1) is 14.2. The van der Waals surface area contributed by atoms with E-state index < -0.39 is 0 Å². The molecule has 0 aliphatic rings. The standard InChI is InChI=1S/C14H21O2P/c1-4-16-17(5-2)12-6-7-13-8-10-14(15-3)11-9-13/h6-11H,4-5,12H2,1-3H3. The Morgan fingerprint density at radius 2 is 1.88 bits per heavy atom. The van der Waals surface area contributed by atoms with Crippen molar-refractivity contribution in [3.63, 3.8) is 0 Å². The SMILES string of the molecule is CCOP(CC)CC=Cc1ccc(OC)cc1. The van der Waals surface area contributed by atoms with E-state index in [1.54, 1.807) is 7.11 Å². The van der Waals surface area contributed by atoms with Crippen LogP contribution in [0.4, 0.5) is 0 Å². The van der Waals surface area contributed by atoms with Crippen molar-refractivity contribution in [1.82, 2.24) is 0 Å². The van der Waals surface area contributed by atoms with Gasteiger partial charge in [-0.05, 0) is 30.8 Å². The van der Waals surface area contributed by atoms with Crippen molar-refractivity contribution < 1.29 is 9.26 Å². The lowest BCUT2D eigenvalue weighted by molar-refractivity contribution is 0.379. The van der Waals surface area contributed by atoms with Crippen LogP contribution >= 0.6 is 8.15 Å². The molecule has 17 heavy (non-hydrogen) atoms. The Hall–Kier alpha value is -0.850. The van der Waals surface area contributed by atoms with E-state index in [0.29, 0.717) is 0 Å². The van der Waals surface area contributed by atoms with Crippen molar-refractivity contribution >= 4 is 14.2 Å². The Balaban J connectivity index is 2.46. The fourth-order valence-corrected chi connectivity index (χ4v) is 2.73. The highest BCUT2D eigenvalue weighted by atomic mass is 31.1. The summed E-state index contributed by atoms with van der Waals surface area (Å²) in [5, 5.41) is 0. The third-order valence-electron chi connectivity index (χ3n) is 2.40. The van der Waals surface area contributed by atoms with Gasteiger partial charge in [0.2, 0.25) is 0 Å². The summed E-state index contributed by atoms with van der Waals surface area (Å²) in [6.45, 7) is 5.05. The molecule has 3 heteroatoms. The highest BCUT2D eigenvalue weighted by Crippen LogP contribution is 2.35. The first-order valence-corrected chi connectivity index (χ1v) is 7.61. The third-order valence-corrected chi connectivity index (χ3v) is 4.35. The summed E-state index contributed by atoms with van der Waals surface area (Å²) < 4.78 is 10.8. The minimum atomic E-state index is -0.276. The molecule has 1 atom stereocenters. The number of hydrogen-bond donors (Lipinski definition) is 0. The summed E-state index contributed by atoms with van der Waals surface area (Å²) in [6, 6.07) is 8.07. The van der Waals surface area contributed by atoms with Gasteiger partial charge in [0.25, 0.3) is 0 Å². The topological polar surface area (TPSA) is 18.5 Å². The molecule has 0 spiro atoms. The number of benzene rings is 1. The summed E-state index contributed by atoms with van der Waals surface area (Å²) in [5.74, 6) is 0.896. The highest BCUT2D eigenvalue weighted by molar-refractivity contribution is 7.52. The molecule has 0 aromatic heterocycles. The Bertz CT molecular complexity index is 333. The molecular formula is C14H21O2P. The molecule has 1 rings (SSSR count). The first-order valence-electron chi connectivity index (χ1n) is 5.98. The molecule has 2 nitrogen and oxygen atoms in total. The summed E-state index contributed by atoms with van der Waals surface area (Å²) >= 11 is 0. The van der Waals surface area contributed by atoms with Gasteiger partial charge >= 0.3 is 0 Å². The van der Waals surface area contributed by atoms with Crippen LogP contribution in [0.2, 0.25) is 0 Å². The molecule has 0 fully saturated rings. The van der Waals surface area contributed by atoms with Gasteiger partial charge in [-0.15, -0.1) is 0 Å². The lowest BCUT2D eigenvalue weighted by atomic mass is 10.2. The van der Waals surface area contributed by atoms with Crippen LogP contribution in [0.5, 0.6) is 5.75 Å². The predicted octanol–water partition coefficient (Wildman–Crippen LogP) is 4.16. The molecule has 0 bridgehead atoms. The maximum atomic E-state index is 5.66. The number of methoxy groups -OCH3 is 1. The van der Waals surface area contributed by atoms with Gasteiger partial charge in [0.1, 0.15) is 5.75 Å². The van der Waals surface area contributed by atoms with Crippen molar-refractivity contribution in [2.75, 3.05) is 26.0 Å². The molecular weight excluding hydrogens is 231 g/mol. The molecule has 0 saturated heterocycles. The van der Waals surface area contributed by atoms with Crippen LogP contribution in [0.25, 0.3) is 6.08 Å². The highest BCUT2D eigenvalue weighted by Gasteiger charge is 2.01. The number of allylic oxidation sites excluding steroid dienone is 1. The summed E-state index contributed by atoms with van der Waals surface area (Å²) in [4.78, 5) is 0. The average Bonchev–Trinajstić information content (AvgIpc) is 2.38. The van der Waals surface area contributed by atoms with Gasteiger partial charge in [0, 0.05) is 20.9 Å². The normalized spacial score (nSPS) is 12.9. The molecule has 1 aromatic rings. The van der Waals surface area contributed by atoms with Crippen LogP contribution < -0.4 is 4.74 Å². The van der Waals surface area contributed by atoms with Crippen molar-refractivity contribution in [3.05, 3.63) is 35.9 Å². The van der Waals surface area contributed by atoms with E-state index in [-0.39, 0.29) is 8.15 Å². The van der Waals surface area contributed by atoms with Crippen LogP contribution in [-0.4, -0.2) is 26.0 Å². The average molecular weight is 252 g/mol. The maximum Gasteiger partial charge on any atom is 0.118 e. The fraction of sp³-hybridized carbons (Fsp3) is 0.429. The van der Waals surface area contributed by atoms with Gasteiger partial charge in [0.15, 0.2) is 0 Å². The van der Waals surface area contributed by atoms with Gasteiger partial charge in [-0.25, -0.2) is 0 Å². The van der Waals surface area contributed by atoms with E-state index in [1.165, 1.54) is 5.56 Å². The minimum absolute atomic E-state index is 0.276. The van der Waals surface area contributed by atoms with Crippen molar-refractivity contribution in [1.29, 1.82) is 0 Å². The Labute approximate surface area is 105 Å². The van der Waals surface area contributed by atoms with E-state index in [0.717, 1.165) is 24.7 Å². The van der Waals surface area contributed by atoms with E-state index in [2.05, 4.69) is 38.1 Å². The Kier molecular flexibility index (Phi) is 6.91. The fourth-order valence-electron chi connectivity index (χ4n) is 1.48. The van der Waals surface area contributed by atoms with Gasteiger partial charge in [-0.1, -0.05) is 31.2 Å². The lowest BCUT2D eigenvalue weighted by Gasteiger charge is -2.11. The van der Waals surface area contributed by atoms with Gasteiger partial charge < -0.3 is 9.26 Å². The van der Waals surface area contributed by atoms with Crippen LogP contribution in [0.1, 0.15) is 19.4 Å². The van der Waals surface area contributed by atoms with Gasteiger partial charge in [0.05, 0.1) is 7.11 Å². The molecule has 0 amide bonds. The first-order chi connectivity index (χ1) is 8.30. The third kappa shape index (κ3) is 5.34. The second-order valence-corrected chi connectivity index (χ2v) is 5.79. The van der Waals surface area contributed by atoms with Crippen LogP contribution in [-0.2, 0) is 4.52 Å². The summed E-state index contributed by atoms with van der Waals surface area (Å²) in [6.07, 6.45) is 6.50. The molecule has 0 aliphatic heterocycles. The molecule has 0 saturated carbocycles. The zero-order valence-corrected chi connectivity index (χ0v) is 11.7. The lowest BCUT2D eigenvalue weighted by Crippen LogP contribution is -1.89. The molecule has 94 valence electrons. The zero-order chi connectivity index (χ0) is 12.5. The van der Waals surface area contributed by atoms with E-state index in [1.807, 2.05) is 12.1 Å². The van der Waals surface area contributed by atoms with Gasteiger partial charge in [-0.2, -0.15) is 0 Å². The Morgan fingerprint density at radius 1 is 1.18 bits per heavy atom. The molecule has 0 radical (unpaired) electrons. The smallest absolute Gasteiger partial charge is 0.118 e. The molecule has 1 aromatic carbocycles. The quantitative estimate of drug-likeness (QED) is 0.678. The van der Waals surface area contributed by atoms with Crippen LogP contribution in [0.15, 0.2) is 30.3 Å². The van der Waals surface area contributed by atoms with E-state index >= 15 is 0 Å². The largest absolute Gasteiger partial charge is 0.497 e. The monoisotopic (exact) mass is 252 g/mol. The molecule has 1 unspecified atom stereocenters. The maximum absolute atomic E-state index is 5.66. The second kappa shape index (κ2) is 8.27. The van der Waals surface area contributed by atoms with Crippen molar-refractivity contribution in [2.45, 2.75) is 13.8 Å². The van der Waals surface area contributed by atoms with Crippen LogP contribution in [0.3, 0.4) is 0 Å². The second-order valence-electron chi connectivity index (χ2n) is 3.57. The number of hydrogen-bond acceptors (Lipinski definition) is 2. The van der Waals surface area contributed by atoms with Crippen LogP contribution in [0, 0.1) is 0 Å². The molecule has 0 N–H and O–H groups in total. The van der Waals surface area contributed by atoms with Crippen molar-refractivity contribution in [2.24, 2.45) is 0 Å². The zero-order valence-electron chi connectivity index (χ0n) is 10.8.